The Morgan fingerprint density at radius 1 is 1.05 bits per heavy atom. The van der Waals surface area contributed by atoms with E-state index in [9.17, 15) is 9.90 Å². The summed E-state index contributed by atoms with van der Waals surface area (Å²) < 4.78 is 18.2. The van der Waals surface area contributed by atoms with E-state index in [0.29, 0.717) is 50.5 Å². The Bertz CT molecular complexity index is 1640. The van der Waals surface area contributed by atoms with Crippen LogP contribution in [0.2, 0.25) is 10.0 Å². The van der Waals surface area contributed by atoms with Crippen molar-refractivity contribution in [2.24, 2.45) is 0 Å². The van der Waals surface area contributed by atoms with Crippen LogP contribution >= 0.6 is 23.2 Å². The first kappa shape index (κ1) is 26.7. The molecule has 8 nitrogen and oxygen atoms in total. The van der Waals surface area contributed by atoms with Crippen LogP contribution in [-0.4, -0.2) is 38.9 Å². The Hall–Kier alpha value is -3.20. The Kier molecular flexibility index (Phi) is 6.48. The van der Waals surface area contributed by atoms with Crippen LogP contribution < -0.4 is 4.74 Å². The number of carboxylic acid groups (broad SMARTS) is 1. The van der Waals surface area contributed by atoms with Gasteiger partial charge in [0.25, 0.3) is 0 Å². The molecule has 41 heavy (non-hydrogen) atoms. The maximum absolute atomic E-state index is 11.8. The second kappa shape index (κ2) is 9.96. The van der Waals surface area contributed by atoms with E-state index in [2.05, 4.69) is 10.1 Å². The smallest absolute Gasteiger partial charge is 0.336 e. The number of nitrogens with zero attached hydrogens (tertiary/aromatic N) is 3. The lowest BCUT2D eigenvalue weighted by Crippen LogP contribution is -2.50. The minimum atomic E-state index is -0.975. The minimum absolute atomic E-state index is 0.0663. The molecule has 1 N–H and O–H groups in total. The summed E-state index contributed by atoms with van der Waals surface area (Å²) in [6, 6.07) is 7.14. The van der Waals surface area contributed by atoms with Crippen molar-refractivity contribution in [2.45, 2.75) is 74.9 Å². The average molecular weight is 594 g/mol. The van der Waals surface area contributed by atoms with Crippen LogP contribution in [0.3, 0.4) is 0 Å². The van der Waals surface area contributed by atoms with E-state index >= 15 is 0 Å². The number of halogens is 2. The van der Waals surface area contributed by atoms with Gasteiger partial charge in [-0.05, 0) is 75.6 Å². The van der Waals surface area contributed by atoms with E-state index in [-0.39, 0.29) is 16.6 Å². The predicted octanol–water partition coefficient (Wildman–Crippen LogP) is 7.74. The fourth-order valence-electron chi connectivity index (χ4n) is 6.78. The number of aromatic carboxylic acids is 1. The largest absolute Gasteiger partial charge is 0.494 e. The first-order chi connectivity index (χ1) is 19.8. The number of pyridine rings is 2. The number of aromatic nitrogens is 3. The first-order valence-electron chi connectivity index (χ1n) is 14.0. The highest BCUT2D eigenvalue weighted by Gasteiger charge is 2.51. The van der Waals surface area contributed by atoms with Crippen molar-refractivity contribution in [2.75, 3.05) is 7.11 Å². The second-order valence-electron chi connectivity index (χ2n) is 11.6. The lowest BCUT2D eigenvalue weighted by atomic mass is 9.57. The number of carboxylic acids is 1. The second-order valence-corrected chi connectivity index (χ2v) is 12.4. The molecule has 0 spiro atoms. The van der Waals surface area contributed by atoms with E-state index in [1.165, 1.54) is 0 Å². The van der Waals surface area contributed by atoms with Gasteiger partial charge in [0.1, 0.15) is 22.7 Å². The van der Waals surface area contributed by atoms with E-state index in [1.807, 2.05) is 12.1 Å². The molecule has 10 heteroatoms. The molecule has 0 saturated heterocycles. The van der Waals surface area contributed by atoms with Crippen LogP contribution in [0, 0.1) is 0 Å². The van der Waals surface area contributed by atoms with E-state index in [4.69, 9.17) is 42.2 Å². The molecule has 2 bridgehead atoms. The van der Waals surface area contributed by atoms with Gasteiger partial charge in [0.05, 0.1) is 34.9 Å². The lowest BCUT2D eigenvalue weighted by molar-refractivity contribution is -0.127. The van der Waals surface area contributed by atoms with Crippen molar-refractivity contribution < 1.29 is 23.9 Å². The van der Waals surface area contributed by atoms with Crippen LogP contribution in [0.25, 0.3) is 22.2 Å². The van der Waals surface area contributed by atoms with Crippen molar-refractivity contribution in [1.82, 2.24) is 15.1 Å². The van der Waals surface area contributed by atoms with Gasteiger partial charge < -0.3 is 19.1 Å². The van der Waals surface area contributed by atoms with Gasteiger partial charge in [-0.25, -0.2) is 9.78 Å². The molecular formula is C31H29Cl2N3O5. The van der Waals surface area contributed by atoms with Gasteiger partial charge in [-0.3, -0.25) is 4.98 Å². The quantitative estimate of drug-likeness (QED) is 0.221. The number of rotatable bonds is 8. The van der Waals surface area contributed by atoms with Gasteiger partial charge in [-0.15, -0.1) is 0 Å². The molecule has 0 atom stereocenters. The average Bonchev–Trinajstić information content (AvgIpc) is 3.75. The van der Waals surface area contributed by atoms with Crippen molar-refractivity contribution in [3.8, 4) is 17.0 Å². The van der Waals surface area contributed by atoms with E-state index < -0.39 is 5.97 Å². The first-order valence-corrected chi connectivity index (χ1v) is 14.7. The highest BCUT2D eigenvalue weighted by atomic mass is 35.5. The van der Waals surface area contributed by atoms with Crippen molar-refractivity contribution >= 4 is 40.1 Å². The van der Waals surface area contributed by atoms with Crippen molar-refractivity contribution in [1.29, 1.82) is 0 Å². The summed E-state index contributed by atoms with van der Waals surface area (Å²) in [5.41, 5.74) is 3.72. The van der Waals surface area contributed by atoms with Gasteiger partial charge in [-0.2, -0.15) is 0 Å². The zero-order valence-corrected chi connectivity index (χ0v) is 24.1. The standard InChI is InChI=1S/C31H29Cl2N3O5/c1-39-23-6-4-19(29(37)38)18-5-7-24(35-26(18)23)30-8-11-31(12-9-30,13-10-30)40-16-20-27(36-41-28(20)17-2-3-17)25-21(32)14-34-15-22(25)33/h4-7,14-15,17H,2-3,8-13,16H2,1H3,(H,37,38). The molecule has 4 aliphatic carbocycles. The van der Waals surface area contributed by atoms with E-state index in [0.717, 1.165) is 68.4 Å². The van der Waals surface area contributed by atoms with Gasteiger partial charge in [0.15, 0.2) is 0 Å². The molecule has 0 aliphatic heterocycles. The molecule has 4 fully saturated rings. The number of ether oxygens (including phenoxy) is 2. The zero-order chi connectivity index (χ0) is 28.4. The molecule has 0 radical (unpaired) electrons. The van der Waals surface area contributed by atoms with Crippen LogP contribution in [-0.2, 0) is 16.8 Å². The normalized spacial score (nSPS) is 23.7. The SMILES string of the molecule is COc1ccc(C(=O)O)c2ccc(C34CCC(OCc5c(-c6c(Cl)cncc6Cl)noc5C5CC5)(CC3)CC4)nc12. The minimum Gasteiger partial charge on any atom is -0.494 e. The molecular weight excluding hydrogens is 565 g/mol. The topological polar surface area (TPSA) is 108 Å². The van der Waals surface area contributed by atoms with Gasteiger partial charge in [-0.1, -0.05) is 28.4 Å². The lowest BCUT2D eigenvalue weighted by Gasteiger charge is -2.52. The molecule has 8 rings (SSSR count). The number of benzene rings is 1. The Morgan fingerprint density at radius 3 is 2.39 bits per heavy atom. The molecule has 212 valence electrons. The third kappa shape index (κ3) is 4.47. The molecule has 4 saturated carbocycles. The Balaban J connectivity index is 1.14. The third-order valence-corrected chi connectivity index (χ3v) is 9.94. The van der Waals surface area contributed by atoms with Crippen LogP contribution in [0.15, 0.2) is 41.2 Å². The monoisotopic (exact) mass is 593 g/mol. The van der Waals surface area contributed by atoms with E-state index in [1.54, 1.807) is 31.6 Å². The summed E-state index contributed by atoms with van der Waals surface area (Å²) in [6.45, 7) is 0.385. The number of hydrogen-bond acceptors (Lipinski definition) is 7. The highest BCUT2D eigenvalue weighted by Crippen LogP contribution is 2.55. The van der Waals surface area contributed by atoms with Gasteiger partial charge in [0, 0.05) is 45.9 Å². The van der Waals surface area contributed by atoms with Crippen LogP contribution in [0.5, 0.6) is 5.75 Å². The predicted molar refractivity (Wildman–Crippen MR) is 154 cm³/mol. The zero-order valence-electron chi connectivity index (χ0n) is 22.6. The fraction of sp³-hybridized carbons (Fsp3) is 0.419. The number of carbonyl (C=O) groups is 1. The summed E-state index contributed by atoms with van der Waals surface area (Å²) in [5, 5.41) is 15.5. The maximum Gasteiger partial charge on any atom is 0.336 e. The Morgan fingerprint density at radius 2 is 1.76 bits per heavy atom. The molecule has 4 aromatic rings. The highest BCUT2D eigenvalue weighted by molar-refractivity contribution is 6.38. The molecule has 3 aromatic heterocycles. The molecule has 0 amide bonds. The molecule has 1 aromatic carbocycles. The number of hydrogen-bond donors (Lipinski definition) is 1. The molecule has 0 unspecified atom stereocenters. The Labute approximate surface area is 247 Å². The summed E-state index contributed by atoms with van der Waals surface area (Å²) in [4.78, 5) is 20.9. The summed E-state index contributed by atoms with van der Waals surface area (Å²) >= 11 is 13.0. The molecule has 4 aliphatic rings. The van der Waals surface area contributed by atoms with Gasteiger partial charge in [0.2, 0.25) is 0 Å². The summed E-state index contributed by atoms with van der Waals surface area (Å²) in [7, 11) is 1.58. The van der Waals surface area contributed by atoms with Crippen molar-refractivity contribution in [3.05, 3.63) is 69.3 Å². The maximum atomic E-state index is 11.8. The fourth-order valence-corrected chi connectivity index (χ4v) is 7.32. The van der Waals surface area contributed by atoms with Gasteiger partial charge >= 0.3 is 5.97 Å². The van der Waals surface area contributed by atoms with Crippen LogP contribution in [0.4, 0.5) is 0 Å². The third-order valence-electron chi connectivity index (χ3n) is 9.37. The summed E-state index contributed by atoms with van der Waals surface area (Å²) in [6.07, 6.45) is 10.9. The number of methoxy groups -OCH3 is 1. The van der Waals surface area contributed by atoms with Crippen molar-refractivity contribution in [3.63, 3.8) is 0 Å². The van der Waals surface area contributed by atoms with Crippen LogP contribution in [0.1, 0.15) is 84.7 Å². The number of fused-ring (bicyclic) bond motifs is 4. The summed E-state index contributed by atoms with van der Waals surface area (Å²) in [5.74, 6) is 0.834. The molecule has 3 heterocycles.